The van der Waals surface area contributed by atoms with Crippen LogP contribution in [0, 0.1) is 5.92 Å². The predicted molar refractivity (Wildman–Crippen MR) is 118 cm³/mol. The highest BCUT2D eigenvalue weighted by molar-refractivity contribution is 5.94. The highest BCUT2D eigenvalue weighted by atomic mass is 16.5. The molecule has 1 heterocycles. The van der Waals surface area contributed by atoms with Crippen LogP contribution < -0.4 is 20.7 Å². The van der Waals surface area contributed by atoms with Crippen LogP contribution >= 0.6 is 0 Å². The Kier molecular flexibility index (Phi) is 7.68. The number of carbonyl (C=O) groups is 2. The summed E-state index contributed by atoms with van der Waals surface area (Å²) in [5.41, 5.74) is 2.20. The van der Waals surface area contributed by atoms with Crippen LogP contribution in [0.3, 0.4) is 0 Å². The van der Waals surface area contributed by atoms with E-state index in [1.165, 1.54) is 0 Å². The summed E-state index contributed by atoms with van der Waals surface area (Å²) in [7, 11) is 0. The maximum absolute atomic E-state index is 12.3. The fourth-order valence-corrected chi connectivity index (χ4v) is 2.97. The van der Waals surface area contributed by atoms with Crippen molar-refractivity contribution in [3.8, 4) is 5.75 Å². The highest BCUT2D eigenvalue weighted by Crippen LogP contribution is 2.20. The average Bonchev–Trinajstić information content (AvgIpc) is 3.26. The number of ether oxygens (including phenoxy) is 2. The summed E-state index contributed by atoms with van der Waals surface area (Å²) in [6, 6.07) is 14.6. The van der Waals surface area contributed by atoms with Crippen molar-refractivity contribution in [3.63, 3.8) is 0 Å². The van der Waals surface area contributed by atoms with Gasteiger partial charge in [0, 0.05) is 35.7 Å². The number of nitrogens with one attached hydrogen (secondary N) is 3. The molecule has 3 N–H and O–H groups in total. The van der Waals surface area contributed by atoms with Gasteiger partial charge in [0.25, 0.3) is 0 Å². The minimum atomic E-state index is -0.163. The number of hydrogen-bond donors (Lipinski definition) is 3. The Bertz CT molecular complexity index is 846. The van der Waals surface area contributed by atoms with Gasteiger partial charge in [0.05, 0.1) is 12.6 Å². The molecular weight excluding hydrogens is 382 g/mol. The topological polar surface area (TPSA) is 88.7 Å². The summed E-state index contributed by atoms with van der Waals surface area (Å²) >= 11 is 0. The van der Waals surface area contributed by atoms with Gasteiger partial charge in [-0.3, -0.25) is 9.59 Å². The molecule has 30 heavy (non-hydrogen) atoms. The van der Waals surface area contributed by atoms with E-state index in [1.54, 1.807) is 18.2 Å². The average molecular weight is 412 g/mol. The summed E-state index contributed by atoms with van der Waals surface area (Å²) < 4.78 is 11.3. The van der Waals surface area contributed by atoms with Crippen LogP contribution in [0.15, 0.2) is 48.5 Å². The Morgan fingerprint density at radius 2 is 1.83 bits per heavy atom. The normalized spacial score (nSPS) is 15.6. The van der Waals surface area contributed by atoms with Crippen molar-refractivity contribution in [2.45, 2.75) is 32.8 Å². The van der Waals surface area contributed by atoms with Crippen molar-refractivity contribution in [2.75, 3.05) is 35.7 Å². The van der Waals surface area contributed by atoms with Crippen molar-refractivity contribution in [1.82, 2.24) is 0 Å². The van der Waals surface area contributed by atoms with Gasteiger partial charge in [0.2, 0.25) is 11.8 Å². The minimum absolute atomic E-state index is 0.0305. The number of benzene rings is 2. The molecule has 7 nitrogen and oxygen atoms in total. The maximum Gasteiger partial charge on any atom is 0.243 e. The lowest BCUT2D eigenvalue weighted by molar-refractivity contribution is -0.119. The van der Waals surface area contributed by atoms with Gasteiger partial charge in [-0.25, -0.2) is 0 Å². The van der Waals surface area contributed by atoms with E-state index in [0.717, 1.165) is 30.8 Å². The first-order valence-corrected chi connectivity index (χ1v) is 10.3. The van der Waals surface area contributed by atoms with Crippen molar-refractivity contribution in [3.05, 3.63) is 48.5 Å². The zero-order valence-electron chi connectivity index (χ0n) is 17.4. The Morgan fingerprint density at radius 3 is 2.53 bits per heavy atom. The lowest BCUT2D eigenvalue weighted by Crippen LogP contribution is -2.22. The Labute approximate surface area is 177 Å². The first kappa shape index (κ1) is 21.6. The molecule has 0 spiro atoms. The summed E-state index contributed by atoms with van der Waals surface area (Å²) in [4.78, 5) is 24.0. The third kappa shape index (κ3) is 6.77. The monoisotopic (exact) mass is 411 g/mol. The van der Waals surface area contributed by atoms with E-state index in [9.17, 15) is 9.59 Å². The van der Waals surface area contributed by atoms with Crippen molar-refractivity contribution in [1.29, 1.82) is 0 Å². The first-order valence-electron chi connectivity index (χ1n) is 10.3. The Hall–Kier alpha value is -3.06. The predicted octanol–water partition coefficient (Wildman–Crippen LogP) is 3.89. The van der Waals surface area contributed by atoms with Crippen LogP contribution in [-0.4, -0.2) is 37.7 Å². The van der Waals surface area contributed by atoms with Gasteiger partial charge in [-0.15, -0.1) is 0 Å². The third-order valence-corrected chi connectivity index (χ3v) is 4.71. The van der Waals surface area contributed by atoms with Crippen LogP contribution in [0.5, 0.6) is 5.75 Å². The lowest BCUT2D eigenvalue weighted by atomic mass is 10.2. The van der Waals surface area contributed by atoms with Gasteiger partial charge in [0.1, 0.15) is 12.4 Å². The number of hydrogen-bond acceptors (Lipinski definition) is 5. The van der Waals surface area contributed by atoms with E-state index in [1.807, 2.05) is 44.2 Å². The van der Waals surface area contributed by atoms with Crippen molar-refractivity contribution >= 4 is 28.9 Å². The van der Waals surface area contributed by atoms with Crippen LogP contribution in [0.1, 0.15) is 26.7 Å². The molecule has 2 aromatic rings. The van der Waals surface area contributed by atoms with E-state index < -0.39 is 0 Å². The fraction of sp³-hybridized carbons (Fsp3) is 0.391. The smallest absolute Gasteiger partial charge is 0.243 e. The fourth-order valence-electron chi connectivity index (χ4n) is 2.97. The summed E-state index contributed by atoms with van der Waals surface area (Å²) in [6.45, 7) is 5.13. The van der Waals surface area contributed by atoms with Gasteiger partial charge in [-0.2, -0.15) is 0 Å². The van der Waals surface area contributed by atoms with Crippen LogP contribution in [0.2, 0.25) is 0 Å². The van der Waals surface area contributed by atoms with Gasteiger partial charge >= 0.3 is 0 Å². The molecule has 1 aliphatic rings. The van der Waals surface area contributed by atoms with Crippen molar-refractivity contribution < 1.29 is 19.1 Å². The standard InChI is InChI=1S/C23H29N3O4/c1-16(2)23(28)26-18-10-8-17(9-11-18)24-14-22(27)25-19-5-3-6-20(13-19)30-15-21-7-4-12-29-21/h3,5-6,8-11,13,16,21,24H,4,7,12,14-15H2,1-2H3,(H,25,27)(H,26,28). The largest absolute Gasteiger partial charge is 0.491 e. The second-order valence-electron chi connectivity index (χ2n) is 7.60. The summed E-state index contributed by atoms with van der Waals surface area (Å²) in [6.07, 6.45) is 2.25. The molecule has 1 saturated heterocycles. The van der Waals surface area contributed by atoms with Gasteiger partial charge in [-0.1, -0.05) is 19.9 Å². The molecule has 0 aromatic heterocycles. The number of carbonyl (C=O) groups excluding carboxylic acids is 2. The number of amides is 2. The molecule has 160 valence electrons. The molecule has 0 aliphatic carbocycles. The second kappa shape index (κ2) is 10.6. The highest BCUT2D eigenvalue weighted by Gasteiger charge is 2.16. The zero-order valence-corrected chi connectivity index (χ0v) is 17.4. The molecule has 1 aliphatic heterocycles. The molecule has 2 aromatic carbocycles. The van der Waals surface area contributed by atoms with E-state index in [2.05, 4.69) is 16.0 Å². The zero-order chi connectivity index (χ0) is 21.3. The molecule has 3 rings (SSSR count). The molecular formula is C23H29N3O4. The lowest BCUT2D eigenvalue weighted by Gasteiger charge is -2.13. The Morgan fingerprint density at radius 1 is 1.07 bits per heavy atom. The van der Waals surface area contributed by atoms with Crippen LogP contribution in [-0.2, 0) is 14.3 Å². The molecule has 1 fully saturated rings. The Balaban J connectivity index is 1.44. The van der Waals surface area contributed by atoms with Crippen molar-refractivity contribution in [2.24, 2.45) is 5.92 Å². The van der Waals surface area contributed by atoms with Gasteiger partial charge in [0.15, 0.2) is 0 Å². The molecule has 0 radical (unpaired) electrons. The molecule has 0 saturated carbocycles. The quantitative estimate of drug-likeness (QED) is 0.583. The summed E-state index contributed by atoms with van der Waals surface area (Å²) in [5.74, 6) is 0.433. The van der Waals surface area contributed by atoms with Crippen LogP contribution in [0.4, 0.5) is 17.1 Å². The van der Waals surface area contributed by atoms with E-state index >= 15 is 0 Å². The van der Waals surface area contributed by atoms with E-state index in [0.29, 0.717) is 18.0 Å². The molecule has 7 heteroatoms. The number of anilines is 3. The van der Waals surface area contributed by atoms with Gasteiger partial charge < -0.3 is 25.4 Å². The first-order chi connectivity index (χ1) is 14.5. The number of rotatable bonds is 9. The SMILES string of the molecule is CC(C)C(=O)Nc1ccc(NCC(=O)Nc2cccc(OCC3CCCO3)c2)cc1. The maximum atomic E-state index is 12.3. The van der Waals surface area contributed by atoms with Gasteiger partial charge in [-0.05, 0) is 49.2 Å². The third-order valence-electron chi connectivity index (χ3n) is 4.71. The second-order valence-corrected chi connectivity index (χ2v) is 7.60. The minimum Gasteiger partial charge on any atom is -0.491 e. The molecule has 1 atom stereocenters. The van der Waals surface area contributed by atoms with Crippen LogP contribution in [0.25, 0.3) is 0 Å². The molecule has 2 amide bonds. The summed E-state index contributed by atoms with van der Waals surface area (Å²) in [5, 5.41) is 8.77. The molecule has 0 bridgehead atoms. The van der Waals surface area contributed by atoms with E-state index in [4.69, 9.17) is 9.47 Å². The molecule has 1 unspecified atom stereocenters. The van der Waals surface area contributed by atoms with E-state index in [-0.39, 0.29) is 30.4 Å².